The summed E-state index contributed by atoms with van der Waals surface area (Å²) in [5.41, 5.74) is 2.07. The van der Waals surface area contributed by atoms with Crippen LogP contribution < -0.4 is 5.32 Å². The molecule has 3 nitrogen and oxygen atoms in total. The van der Waals surface area contributed by atoms with E-state index in [4.69, 9.17) is 0 Å². The van der Waals surface area contributed by atoms with Crippen molar-refractivity contribution in [3.8, 4) is 0 Å². The van der Waals surface area contributed by atoms with E-state index in [0.29, 0.717) is 0 Å². The molecule has 1 aromatic rings. The summed E-state index contributed by atoms with van der Waals surface area (Å²) in [6.07, 6.45) is 2.30. The number of rotatable bonds is 1. The Morgan fingerprint density at radius 3 is 2.72 bits per heavy atom. The van der Waals surface area contributed by atoms with Crippen molar-refractivity contribution in [3.05, 3.63) is 35.4 Å². The fourth-order valence-electron chi connectivity index (χ4n) is 2.71. The number of hydrogen-bond donors (Lipinski definition) is 1. The highest BCUT2D eigenvalue weighted by atomic mass is 35.5. The Labute approximate surface area is 114 Å². The van der Waals surface area contributed by atoms with Gasteiger partial charge in [-0.15, -0.1) is 12.4 Å². The molecule has 98 valence electrons. The van der Waals surface area contributed by atoms with Gasteiger partial charge in [0, 0.05) is 25.2 Å². The Hall–Kier alpha value is -1.06. The molecule has 1 saturated heterocycles. The number of halogens is 1. The first kappa shape index (κ1) is 13.4. The van der Waals surface area contributed by atoms with Crippen molar-refractivity contribution in [2.45, 2.75) is 25.3 Å². The molecule has 1 aliphatic heterocycles. The van der Waals surface area contributed by atoms with Crippen molar-refractivity contribution in [1.82, 2.24) is 10.2 Å². The van der Waals surface area contributed by atoms with Crippen molar-refractivity contribution < 1.29 is 4.79 Å². The van der Waals surface area contributed by atoms with Crippen molar-refractivity contribution in [1.29, 1.82) is 0 Å². The molecule has 4 heteroatoms. The Kier molecular flexibility index (Phi) is 3.64. The first-order valence-electron chi connectivity index (χ1n) is 6.31. The van der Waals surface area contributed by atoms with E-state index in [1.165, 1.54) is 0 Å². The van der Waals surface area contributed by atoms with Crippen LogP contribution >= 0.6 is 12.4 Å². The van der Waals surface area contributed by atoms with Crippen molar-refractivity contribution in [2.24, 2.45) is 0 Å². The second-order valence-corrected chi connectivity index (χ2v) is 5.17. The Balaban J connectivity index is 0.00000120. The fraction of sp³-hybridized carbons (Fsp3) is 0.500. The SMILES string of the molecule is Cc1ccccc1C(=O)N1CCNCC12CC2.Cl. The number of piperazine rings is 1. The molecular weight excluding hydrogens is 248 g/mol. The van der Waals surface area contributed by atoms with Gasteiger partial charge < -0.3 is 10.2 Å². The first-order chi connectivity index (χ1) is 8.23. The second-order valence-electron chi connectivity index (χ2n) is 5.17. The third-order valence-electron chi connectivity index (χ3n) is 3.99. The van der Waals surface area contributed by atoms with Crippen LogP contribution in [0.3, 0.4) is 0 Å². The van der Waals surface area contributed by atoms with Crippen LogP contribution in [-0.2, 0) is 0 Å². The molecule has 0 atom stereocenters. The quantitative estimate of drug-likeness (QED) is 0.843. The highest BCUT2D eigenvalue weighted by Crippen LogP contribution is 2.43. The van der Waals surface area contributed by atoms with Crippen molar-refractivity contribution in [3.63, 3.8) is 0 Å². The average Bonchev–Trinajstić information content (AvgIpc) is 3.10. The molecule has 1 N–H and O–H groups in total. The zero-order valence-electron chi connectivity index (χ0n) is 10.6. The third-order valence-corrected chi connectivity index (χ3v) is 3.99. The normalized spacial score (nSPS) is 20.4. The van der Waals surface area contributed by atoms with E-state index >= 15 is 0 Å². The van der Waals surface area contributed by atoms with Gasteiger partial charge in [-0.3, -0.25) is 4.79 Å². The highest BCUT2D eigenvalue weighted by molar-refractivity contribution is 5.96. The summed E-state index contributed by atoms with van der Waals surface area (Å²) in [7, 11) is 0. The predicted molar refractivity (Wildman–Crippen MR) is 74.3 cm³/mol. The molecule has 0 bridgehead atoms. The lowest BCUT2D eigenvalue weighted by Gasteiger charge is -2.37. The molecule has 3 rings (SSSR count). The summed E-state index contributed by atoms with van der Waals surface area (Å²) in [5.74, 6) is 0.210. The average molecular weight is 267 g/mol. The molecule has 0 aromatic heterocycles. The molecule has 1 saturated carbocycles. The number of benzene rings is 1. The first-order valence-corrected chi connectivity index (χ1v) is 6.31. The monoisotopic (exact) mass is 266 g/mol. The Morgan fingerprint density at radius 2 is 2.06 bits per heavy atom. The minimum Gasteiger partial charge on any atom is -0.330 e. The lowest BCUT2D eigenvalue weighted by molar-refractivity contribution is 0.0600. The van der Waals surface area contributed by atoms with Gasteiger partial charge in [-0.2, -0.15) is 0 Å². The molecule has 18 heavy (non-hydrogen) atoms. The molecule has 1 aromatic carbocycles. The number of carbonyl (C=O) groups is 1. The number of aryl methyl sites for hydroxylation is 1. The van der Waals surface area contributed by atoms with Gasteiger partial charge in [-0.1, -0.05) is 18.2 Å². The highest BCUT2D eigenvalue weighted by Gasteiger charge is 2.51. The van der Waals surface area contributed by atoms with E-state index in [1.807, 2.05) is 31.2 Å². The van der Waals surface area contributed by atoms with Gasteiger partial charge in [0.2, 0.25) is 0 Å². The topological polar surface area (TPSA) is 32.3 Å². The van der Waals surface area contributed by atoms with E-state index in [0.717, 1.165) is 43.6 Å². The van der Waals surface area contributed by atoms with Crippen LogP contribution in [0.15, 0.2) is 24.3 Å². The maximum atomic E-state index is 12.6. The minimum atomic E-state index is 0. The largest absolute Gasteiger partial charge is 0.330 e. The van der Waals surface area contributed by atoms with Crippen LogP contribution in [0, 0.1) is 6.92 Å². The third kappa shape index (κ3) is 2.13. The molecule has 0 radical (unpaired) electrons. The van der Waals surface area contributed by atoms with Gasteiger partial charge in [-0.05, 0) is 31.4 Å². The zero-order valence-corrected chi connectivity index (χ0v) is 11.4. The summed E-state index contributed by atoms with van der Waals surface area (Å²) in [6.45, 7) is 4.73. The molecule has 1 amide bonds. The maximum absolute atomic E-state index is 12.6. The van der Waals surface area contributed by atoms with Gasteiger partial charge in [0.1, 0.15) is 0 Å². The van der Waals surface area contributed by atoms with E-state index < -0.39 is 0 Å². The van der Waals surface area contributed by atoms with Crippen LogP contribution in [0.4, 0.5) is 0 Å². The summed E-state index contributed by atoms with van der Waals surface area (Å²) >= 11 is 0. The smallest absolute Gasteiger partial charge is 0.254 e. The van der Waals surface area contributed by atoms with Crippen LogP contribution in [-0.4, -0.2) is 36.0 Å². The lowest BCUT2D eigenvalue weighted by atomic mass is 10.0. The summed E-state index contributed by atoms with van der Waals surface area (Å²) < 4.78 is 0. The van der Waals surface area contributed by atoms with Crippen LogP contribution in [0.5, 0.6) is 0 Å². The fourth-order valence-corrected chi connectivity index (χ4v) is 2.71. The van der Waals surface area contributed by atoms with Crippen LogP contribution in [0.1, 0.15) is 28.8 Å². The van der Waals surface area contributed by atoms with E-state index in [-0.39, 0.29) is 23.9 Å². The van der Waals surface area contributed by atoms with Crippen molar-refractivity contribution in [2.75, 3.05) is 19.6 Å². The predicted octanol–water partition coefficient (Wildman–Crippen LogP) is 1.99. The van der Waals surface area contributed by atoms with E-state index in [1.54, 1.807) is 0 Å². The number of hydrogen-bond acceptors (Lipinski definition) is 2. The molecule has 1 aliphatic carbocycles. The number of amides is 1. The maximum Gasteiger partial charge on any atom is 0.254 e. The van der Waals surface area contributed by atoms with Gasteiger partial charge in [0.25, 0.3) is 5.91 Å². The number of nitrogens with one attached hydrogen (secondary N) is 1. The Morgan fingerprint density at radius 1 is 1.33 bits per heavy atom. The standard InChI is InChI=1S/C14H18N2O.ClH/c1-11-4-2-3-5-12(11)13(17)16-9-8-15-10-14(16)6-7-14;/h2-5,15H,6-10H2,1H3;1H. The zero-order chi connectivity index (χ0) is 11.9. The van der Waals surface area contributed by atoms with Crippen molar-refractivity contribution >= 4 is 18.3 Å². The summed E-state index contributed by atoms with van der Waals surface area (Å²) in [5, 5.41) is 3.39. The van der Waals surface area contributed by atoms with Gasteiger partial charge in [0.05, 0.1) is 5.54 Å². The molecule has 2 aliphatic rings. The van der Waals surface area contributed by atoms with Crippen LogP contribution in [0.25, 0.3) is 0 Å². The molecule has 1 spiro atoms. The summed E-state index contributed by atoms with van der Waals surface area (Å²) in [6, 6.07) is 7.88. The molecule has 1 heterocycles. The molecule has 2 fully saturated rings. The van der Waals surface area contributed by atoms with Gasteiger partial charge in [0.15, 0.2) is 0 Å². The van der Waals surface area contributed by atoms with E-state index in [2.05, 4.69) is 10.2 Å². The Bertz CT molecular complexity index is 457. The summed E-state index contributed by atoms with van der Waals surface area (Å²) in [4.78, 5) is 14.7. The molecular formula is C14H19ClN2O. The van der Waals surface area contributed by atoms with Gasteiger partial charge in [-0.25, -0.2) is 0 Å². The number of nitrogens with zero attached hydrogens (tertiary/aromatic N) is 1. The molecule has 0 unspecified atom stereocenters. The number of carbonyl (C=O) groups excluding carboxylic acids is 1. The van der Waals surface area contributed by atoms with Crippen LogP contribution in [0.2, 0.25) is 0 Å². The van der Waals surface area contributed by atoms with Gasteiger partial charge >= 0.3 is 0 Å². The second kappa shape index (κ2) is 4.90. The minimum absolute atomic E-state index is 0. The van der Waals surface area contributed by atoms with E-state index in [9.17, 15) is 4.79 Å². The lowest BCUT2D eigenvalue weighted by Crippen LogP contribution is -2.55.